The number of alkyl halides is 2. The highest BCUT2D eigenvalue weighted by atomic mass is 19.3. The molecule has 15 heteroatoms. The van der Waals surface area contributed by atoms with Crippen molar-refractivity contribution < 1.29 is 58.2 Å². The van der Waals surface area contributed by atoms with E-state index in [2.05, 4.69) is 12.2 Å². The number of aliphatic carboxylic acids is 3. The van der Waals surface area contributed by atoms with Gasteiger partial charge in [0.2, 0.25) is 5.43 Å². The fraction of sp³-hybridized carbons (Fsp3) is 0.345. The van der Waals surface area contributed by atoms with E-state index in [4.69, 9.17) is 25.2 Å². The third-order valence-electron chi connectivity index (χ3n) is 7.33. The molecule has 2 aliphatic rings. The first-order valence-electron chi connectivity index (χ1n) is 13.3. The quantitative estimate of drug-likeness (QED) is 0.193. The van der Waals surface area contributed by atoms with Crippen molar-refractivity contribution >= 4 is 34.8 Å². The highest BCUT2D eigenvalue weighted by Gasteiger charge is 2.40. The maximum absolute atomic E-state index is 13.5. The Morgan fingerprint density at radius 1 is 1.05 bits per heavy atom. The standard InChI is InChI=1S/C23H20F2N2O4.C6H8O7/c1-11-15-5-2-12(8-13(15)9-26-11)16-6-7-17-19(21(16)31-23(24)25)27(14-3-4-14)10-18(20(17)28)22(29)30;7-3(8)1-6(13,5(11)12)2-4(9)10/h2,5-8,10-11,14,23,26H,3-4,9H2,1H3,(H,29,30);13H,1-2H2,(H,7,8)(H,9,10)(H,11,12). The molecule has 1 saturated carbocycles. The Hall–Kier alpha value is -4.89. The van der Waals surface area contributed by atoms with Gasteiger partial charge in [-0.3, -0.25) is 14.4 Å². The minimum atomic E-state index is -3.10. The molecular weight excluding hydrogens is 590 g/mol. The van der Waals surface area contributed by atoms with Crippen LogP contribution in [0, 0.1) is 0 Å². The third-order valence-corrected chi connectivity index (χ3v) is 7.33. The first-order chi connectivity index (χ1) is 20.6. The molecule has 0 amide bonds. The second kappa shape index (κ2) is 12.4. The van der Waals surface area contributed by atoms with E-state index in [9.17, 15) is 37.9 Å². The number of aliphatic hydroxyl groups is 1. The molecule has 234 valence electrons. The minimum absolute atomic E-state index is 0.0541. The van der Waals surface area contributed by atoms with Gasteiger partial charge in [0, 0.05) is 30.4 Å². The van der Waals surface area contributed by atoms with Crippen molar-refractivity contribution in [3.63, 3.8) is 0 Å². The first kappa shape index (κ1) is 32.0. The van der Waals surface area contributed by atoms with Crippen LogP contribution in [0.4, 0.5) is 8.78 Å². The molecule has 1 aliphatic heterocycles. The van der Waals surface area contributed by atoms with Crippen molar-refractivity contribution in [2.75, 3.05) is 0 Å². The van der Waals surface area contributed by atoms with E-state index in [1.807, 2.05) is 18.2 Å². The van der Waals surface area contributed by atoms with E-state index in [1.165, 1.54) is 12.3 Å². The summed E-state index contributed by atoms with van der Waals surface area (Å²) in [7, 11) is 0. The van der Waals surface area contributed by atoms with E-state index in [0.29, 0.717) is 17.7 Å². The first-order valence-corrected chi connectivity index (χ1v) is 13.3. The Labute approximate surface area is 246 Å². The number of carbonyl (C=O) groups is 4. The molecule has 2 aromatic carbocycles. The average molecular weight is 619 g/mol. The van der Waals surface area contributed by atoms with Crippen LogP contribution in [-0.2, 0) is 20.9 Å². The zero-order valence-electron chi connectivity index (χ0n) is 23.1. The number of benzene rings is 2. The number of pyridine rings is 1. The fourth-order valence-corrected chi connectivity index (χ4v) is 5.08. The second-order valence-electron chi connectivity index (χ2n) is 10.5. The normalized spacial score (nSPS) is 15.8. The predicted molar refractivity (Wildman–Crippen MR) is 148 cm³/mol. The lowest BCUT2D eigenvalue weighted by molar-refractivity contribution is -0.170. The van der Waals surface area contributed by atoms with Crippen molar-refractivity contribution in [2.24, 2.45) is 0 Å². The predicted octanol–water partition coefficient (Wildman–Crippen LogP) is 3.22. The van der Waals surface area contributed by atoms with Gasteiger partial charge in [0.15, 0.2) is 11.4 Å². The number of aromatic nitrogens is 1. The smallest absolute Gasteiger partial charge is 0.387 e. The lowest BCUT2D eigenvalue weighted by Crippen LogP contribution is -2.42. The molecule has 1 aromatic heterocycles. The zero-order chi connectivity index (χ0) is 32.5. The molecule has 44 heavy (non-hydrogen) atoms. The minimum Gasteiger partial charge on any atom is -0.481 e. The van der Waals surface area contributed by atoms with Gasteiger partial charge in [-0.05, 0) is 54.7 Å². The molecule has 0 saturated heterocycles. The highest BCUT2D eigenvalue weighted by Crippen LogP contribution is 2.43. The molecule has 1 fully saturated rings. The molecule has 0 spiro atoms. The Kier molecular flexibility index (Phi) is 9.01. The molecule has 6 N–H and O–H groups in total. The average Bonchev–Trinajstić information content (AvgIpc) is 3.70. The van der Waals surface area contributed by atoms with Crippen LogP contribution in [0.3, 0.4) is 0 Å². The Balaban J connectivity index is 0.000000289. The molecule has 3 aromatic rings. The SMILES string of the molecule is CC1NCc2cc(-c3ccc4c(=O)c(C(=O)O)cn(C5CC5)c4c3OC(F)F)ccc21.O=C(O)CC(O)(CC(=O)O)C(=O)O. The van der Waals surface area contributed by atoms with E-state index in [0.717, 1.165) is 24.0 Å². The fourth-order valence-electron chi connectivity index (χ4n) is 5.08. The molecule has 1 atom stereocenters. The van der Waals surface area contributed by atoms with Crippen LogP contribution >= 0.6 is 0 Å². The number of carboxylic acids is 4. The third kappa shape index (κ3) is 6.68. The van der Waals surface area contributed by atoms with Gasteiger partial charge in [-0.1, -0.05) is 12.1 Å². The molecule has 13 nitrogen and oxygen atoms in total. The van der Waals surface area contributed by atoms with Gasteiger partial charge in [0.25, 0.3) is 0 Å². The number of halogens is 2. The molecule has 0 radical (unpaired) electrons. The number of aromatic carboxylic acids is 1. The van der Waals surface area contributed by atoms with Crippen LogP contribution in [0.25, 0.3) is 22.0 Å². The molecule has 1 aliphatic carbocycles. The Bertz CT molecular complexity index is 1700. The van der Waals surface area contributed by atoms with Gasteiger partial charge >= 0.3 is 30.5 Å². The van der Waals surface area contributed by atoms with Crippen molar-refractivity contribution in [3.05, 3.63) is 63.4 Å². The van der Waals surface area contributed by atoms with Crippen molar-refractivity contribution in [1.82, 2.24) is 9.88 Å². The van der Waals surface area contributed by atoms with Crippen LogP contribution in [0.5, 0.6) is 5.75 Å². The summed E-state index contributed by atoms with van der Waals surface area (Å²) in [6.45, 7) is -0.360. The van der Waals surface area contributed by atoms with Gasteiger partial charge in [0.1, 0.15) is 5.56 Å². The van der Waals surface area contributed by atoms with Gasteiger partial charge < -0.3 is 40.2 Å². The van der Waals surface area contributed by atoms with Gasteiger partial charge in [-0.25, -0.2) is 9.59 Å². The van der Waals surface area contributed by atoms with Crippen molar-refractivity contribution in [3.8, 4) is 16.9 Å². The van der Waals surface area contributed by atoms with Crippen molar-refractivity contribution in [1.29, 1.82) is 0 Å². The molecule has 1 unspecified atom stereocenters. The second-order valence-corrected chi connectivity index (χ2v) is 10.5. The number of carboxylic acid groups (broad SMARTS) is 4. The summed E-state index contributed by atoms with van der Waals surface area (Å²) >= 11 is 0. The van der Waals surface area contributed by atoms with Gasteiger partial charge in [-0.2, -0.15) is 8.78 Å². The number of ether oxygens (including phenoxy) is 1. The van der Waals surface area contributed by atoms with Crippen LogP contribution in [0.2, 0.25) is 0 Å². The van der Waals surface area contributed by atoms with Crippen LogP contribution in [-0.4, -0.2) is 66.2 Å². The largest absolute Gasteiger partial charge is 0.481 e. The Morgan fingerprint density at radius 2 is 1.68 bits per heavy atom. The summed E-state index contributed by atoms with van der Waals surface area (Å²) in [4.78, 5) is 54.9. The summed E-state index contributed by atoms with van der Waals surface area (Å²) < 4.78 is 33.5. The Morgan fingerprint density at radius 3 is 2.20 bits per heavy atom. The highest BCUT2D eigenvalue weighted by molar-refractivity contribution is 5.97. The summed E-state index contributed by atoms with van der Waals surface area (Å²) in [5.74, 6) is -6.47. The molecule has 5 rings (SSSR count). The maximum Gasteiger partial charge on any atom is 0.387 e. The molecule has 2 heterocycles. The summed E-state index contributed by atoms with van der Waals surface area (Å²) in [6.07, 6.45) is 0.514. The summed E-state index contributed by atoms with van der Waals surface area (Å²) in [6, 6.07) is 8.98. The van der Waals surface area contributed by atoms with E-state index < -0.39 is 54.4 Å². The lowest BCUT2D eigenvalue weighted by atomic mass is 9.96. The molecular formula is C29H28F2N2O11. The van der Waals surface area contributed by atoms with Crippen molar-refractivity contribution in [2.45, 2.75) is 63.4 Å². The number of nitrogens with zero attached hydrogens (tertiary/aromatic N) is 1. The van der Waals surface area contributed by atoms with Crippen LogP contribution < -0.4 is 15.5 Å². The number of fused-ring (bicyclic) bond motifs is 2. The number of hydrogen-bond donors (Lipinski definition) is 6. The maximum atomic E-state index is 13.5. The lowest BCUT2D eigenvalue weighted by Gasteiger charge is -2.19. The summed E-state index contributed by atoms with van der Waals surface area (Å²) in [5, 5.41) is 46.7. The number of nitrogens with one attached hydrogen (secondary N) is 1. The van der Waals surface area contributed by atoms with E-state index in [1.54, 1.807) is 10.6 Å². The van der Waals surface area contributed by atoms with E-state index in [-0.39, 0.29) is 34.3 Å². The summed E-state index contributed by atoms with van der Waals surface area (Å²) in [5.41, 5.74) is -0.253. The monoisotopic (exact) mass is 618 g/mol. The van der Waals surface area contributed by atoms with Crippen LogP contribution in [0.15, 0.2) is 41.3 Å². The van der Waals surface area contributed by atoms with Crippen LogP contribution in [0.1, 0.15) is 66.2 Å². The number of hydrogen-bond acceptors (Lipinski definition) is 8. The topological polar surface area (TPSA) is 213 Å². The van der Waals surface area contributed by atoms with Gasteiger partial charge in [0.05, 0.1) is 23.7 Å². The zero-order valence-corrected chi connectivity index (χ0v) is 23.1. The van der Waals surface area contributed by atoms with E-state index >= 15 is 0 Å². The van der Waals surface area contributed by atoms with Gasteiger partial charge in [-0.15, -0.1) is 0 Å². The number of rotatable bonds is 10. The molecule has 0 bridgehead atoms.